The second kappa shape index (κ2) is 6.75. The zero-order chi connectivity index (χ0) is 14.5. The van der Waals surface area contributed by atoms with E-state index in [9.17, 15) is 9.59 Å². The van der Waals surface area contributed by atoms with Crippen LogP contribution in [0.1, 0.15) is 25.3 Å². The number of nitrogens with one attached hydrogen (secondary N) is 1. The number of rotatable bonds is 4. The van der Waals surface area contributed by atoms with Crippen molar-refractivity contribution in [3.05, 3.63) is 34.9 Å². The van der Waals surface area contributed by atoms with Crippen molar-refractivity contribution in [1.29, 1.82) is 0 Å². The number of halogens is 1. The van der Waals surface area contributed by atoms with Crippen molar-refractivity contribution in [3.63, 3.8) is 0 Å². The van der Waals surface area contributed by atoms with E-state index in [0.29, 0.717) is 18.1 Å². The van der Waals surface area contributed by atoms with Crippen molar-refractivity contribution < 1.29 is 9.59 Å². The van der Waals surface area contributed by atoms with E-state index in [2.05, 4.69) is 5.32 Å². The van der Waals surface area contributed by atoms with E-state index in [4.69, 9.17) is 11.6 Å². The van der Waals surface area contributed by atoms with Gasteiger partial charge in [0.2, 0.25) is 11.8 Å². The molecule has 0 aromatic heterocycles. The molecule has 0 bridgehead atoms. The highest BCUT2D eigenvalue weighted by molar-refractivity contribution is 6.30. The zero-order valence-electron chi connectivity index (χ0n) is 11.6. The maximum absolute atomic E-state index is 12.1. The fourth-order valence-corrected chi connectivity index (χ4v) is 2.64. The first kappa shape index (κ1) is 14.9. The summed E-state index contributed by atoms with van der Waals surface area (Å²) < 4.78 is 0. The molecule has 1 heterocycles. The highest BCUT2D eigenvalue weighted by Gasteiger charge is 2.31. The van der Waals surface area contributed by atoms with Crippen molar-refractivity contribution in [2.24, 2.45) is 0 Å². The van der Waals surface area contributed by atoms with E-state index in [1.165, 1.54) is 6.92 Å². The van der Waals surface area contributed by atoms with E-state index in [1.54, 1.807) is 4.90 Å². The van der Waals surface area contributed by atoms with Crippen LogP contribution in [0.25, 0.3) is 0 Å². The smallest absolute Gasteiger partial charge is 0.242 e. The maximum Gasteiger partial charge on any atom is 0.242 e. The van der Waals surface area contributed by atoms with Crippen LogP contribution in [-0.4, -0.2) is 35.8 Å². The zero-order valence-corrected chi connectivity index (χ0v) is 12.3. The minimum Gasteiger partial charge on any atom is -0.354 e. The van der Waals surface area contributed by atoms with E-state index in [0.717, 1.165) is 24.8 Å². The quantitative estimate of drug-likeness (QED) is 0.923. The monoisotopic (exact) mass is 294 g/mol. The molecule has 0 unspecified atom stereocenters. The summed E-state index contributed by atoms with van der Waals surface area (Å²) in [6.07, 6.45) is 2.41. The molecule has 0 spiro atoms. The van der Waals surface area contributed by atoms with Crippen LogP contribution in [-0.2, 0) is 16.0 Å². The molecule has 20 heavy (non-hydrogen) atoms. The van der Waals surface area contributed by atoms with Gasteiger partial charge in [0.25, 0.3) is 0 Å². The van der Waals surface area contributed by atoms with Gasteiger partial charge in [0.05, 0.1) is 0 Å². The van der Waals surface area contributed by atoms with Crippen LogP contribution < -0.4 is 5.32 Å². The minimum atomic E-state index is -0.294. The summed E-state index contributed by atoms with van der Waals surface area (Å²) in [7, 11) is 0. The van der Waals surface area contributed by atoms with E-state index < -0.39 is 0 Å². The maximum atomic E-state index is 12.1. The molecule has 0 saturated carbocycles. The molecule has 1 aliphatic rings. The largest absolute Gasteiger partial charge is 0.354 e. The number of amides is 2. The molecule has 5 heteroatoms. The van der Waals surface area contributed by atoms with Crippen LogP contribution in [0.5, 0.6) is 0 Å². The van der Waals surface area contributed by atoms with Gasteiger partial charge >= 0.3 is 0 Å². The van der Waals surface area contributed by atoms with Crippen LogP contribution in [0.15, 0.2) is 24.3 Å². The van der Waals surface area contributed by atoms with Gasteiger partial charge in [0.1, 0.15) is 6.04 Å². The number of carbonyl (C=O) groups excluding carboxylic acids is 2. The predicted octanol–water partition coefficient (Wildman–Crippen LogP) is 2.01. The van der Waals surface area contributed by atoms with Crippen molar-refractivity contribution in [1.82, 2.24) is 10.2 Å². The number of likely N-dealkylation sites (tertiary alicyclic amines) is 1. The Kier molecular flexibility index (Phi) is 5.01. The normalized spacial score (nSPS) is 18.1. The summed E-state index contributed by atoms with van der Waals surface area (Å²) in [5.74, 6) is -0.0768. The summed E-state index contributed by atoms with van der Waals surface area (Å²) in [5, 5.41) is 3.62. The van der Waals surface area contributed by atoms with Gasteiger partial charge in [-0.1, -0.05) is 23.7 Å². The van der Waals surface area contributed by atoms with Crippen LogP contribution in [0.3, 0.4) is 0 Å². The molecule has 2 amide bonds. The average Bonchev–Trinajstić information content (AvgIpc) is 2.90. The molecule has 108 valence electrons. The molecule has 1 aromatic rings. The van der Waals surface area contributed by atoms with Gasteiger partial charge < -0.3 is 10.2 Å². The SMILES string of the molecule is CC(=O)N1CCC[C@H]1C(=O)NCCc1ccc(Cl)cc1. The van der Waals surface area contributed by atoms with E-state index >= 15 is 0 Å². The summed E-state index contributed by atoms with van der Waals surface area (Å²) in [4.78, 5) is 25.2. The van der Waals surface area contributed by atoms with Crippen molar-refractivity contribution in [3.8, 4) is 0 Å². The molecule has 1 aliphatic heterocycles. The predicted molar refractivity (Wildman–Crippen MR) is 78.6 cm³/mol. The third-order valence-electron chi connectivity index (χ3n) is 3.59. The first-order chi connectivity index (χ1) is 9.58. The average molecular weight is 295 g/mol. The molecule has 0 radical (unpaired) electrons. The third-order valence-corrected chi connectivity index (χ3v) is 3.84. The van der Waals surface area contributed by atoms with Crippen molar-refractivity contribution in [2.45, 2.75) is 32.2 Å². The first-order valence-corrected chi connectivity index (χ1v) is 7.25. The number of carbonyl (C=O) groups is 2. The van der Waals surface area contributed by atoms with Crippen molar-refractivity contribution in [2.75, 3.05) is 13.1 Å². The van der Waals surface area contributed by atoms with Gasteiger partial charge in [0.15, 0.2) is 0 Å². The lowest BCUT2D eigenvalue weighted by Gasteiger charge is -2.22. The van der Waals surface area contributed by atoms with Crippen LogP contribution >= 0.6 is 11.6 Å². The molecular weight excluding hydrogens is 276 g/mol. The number of benzene rings is 1. The second-order valence-corrected chi connectivity index (χ2v) is 5.47. The van der Waals surface area contributed by atoms with Gasteiger partial charge in [0, 0.05) is 25.0 Å². The fourth-order valence-electron chi connectivity index (χ4n) is 2.52. The molecule has 1 N–H and O–H groups in total. The van der Waals surface area contributed by atoms with Crippen LogP contribution in [0.4, 0.5) is 0 Å². The topological polar surface area (TPSA) is 49.4 Å². The molecule has 0 aliphatic carbocycles. The highest BCUT2D eigenvalue weighted by Crippen LogP contribution is 2.17. The fraction of sp³-hybridized carbons (Fsp3) is 0.467. The number of nitrogens with zero attached hydrogens (tertiary/aromatic N) is 1. The molecule has 1 atom stereocenters. The Balaban J connectivity index is 1.80. The molecule has 1 fully saturated rings. The third kappa shape index (κ3) is 3.73. The molecule has 1 aromatic carbocycles. The van der Waals surface area contributed by atoms with Gasteiger partial charge in [-0.25, -0.2) is 0 Å². The second-order valence-electron chi connectivity index (χ2n) is 5.04. The molecular formula is C15H19ClN2O2. The summed E-state index contributed by atoms with van der Waals surface area (Å²) >= 11 is 5.82. The van der Waals surface area contributed by atoms with Crippen LogP contribution in [0.2, 0.25) is 5.02 Å². The van der Waals surface area contributed by atoms with Gasteiger partial charge in [-0.05, 0) is 37.0 Å². The Labute approximate surface area is 124 Å². The van der Waals surface area contributed by atoms with Crippen molar-refractivity contribution >= 4 is 23.4 Å². The van der Waals surface area contributed by atoms with Gasteiger partial charge in [-0.2, -0.15) is 0 Å². The summed E-state index contributed by atoms with van der Waals surface area (Å²) in [6, 6.07) is 7.29. The lowest BCUT2D eigenvalue weighted by molar-refractivity contribution is -0.136. The lowest BCUT2D eigenvalue weighted by atomic mass is 10.1. The Morgan fingerprint density at radius 2 is 2.05 bits per heavy atom. The van der Waals surface area contributed by atoms with Gasteiger partial charge in [-0.15, -0.1) is 0 Å². The standard InChI is InChI=1S/C15H19ClN2O2/c1-11(19)18-10-2-3-14(18)15(20)17-9-8-12-4-6-13(16)7-5-12/h4-7,14H,2-3,8-10H2,1H3,(H,17,20)/t14-/m0/s1. The van der Waals surface area contributed by atoms with E-state index in [1.807, 2.05) is 24.3 Å². The summed E-state index contributed by atoms with van der Waals surface area (Å²) in [5.41, 5.74) is 1.13. The Morgan fingerprint density at radius 3 is 2.70 bits per heavy atom. The first-order valence-electron chi connectivity index (χ1n) is 6.87. The molecule has 2 rings (SSSR count). The Hall–Kier alpha value is -1.55. The lowest BCUT2D eigenvalue weighted by Crippen LogP contribution is -2.45. The highest BCUT2D eigenvalue weighted by atomic mass is 35.5. The molecule has 4 nitrogen and oxygen atoms in total. The Morgan fingerprint density at radius 1 is 1.35 bits per heavy atom. The number of hydrogen-bond donors (Lipinski definition) is 1. The minimum absolute atomic E-state index is 0.0275. The number of hydrogen-bond acceptors (Lipinski definition) is 2. The van der Waals surface area contributed by atoms with E-state index in [-0.39, 0.29) is 17.9 Å². The van der Waals surface area contributed by atoms with Gasteiger partial charge in [-0.3, -0.25) is 9.59 Å². The summed E-state index contributed by atoms with van der Waals surface area (Å²) in [6.45, 7) is 2.77. The van der Waals surface area contributed by atoms with Crippen LogP contribution in [0, 0.1) is 0 Å². The molecule has 1 saturated heterocycles. The Bertz CT molecular complexity index is 487.